The van der Waals surface area contributed by atoms with Crippen molar-refractivity contribution in [3.05, 3.63) is 71.4 Å². The summed E-state index contributed by atoms with van der Waals surface area (Å²) < 4.78 is 0. The monoisotopic (exact) mass is 446 g/mol. The van der Waals surface area contributed by atoms with Crippen molar-refractivity contribution in [2.24, 2.45) is 0 Å². The van der Waals surface area contributed by atoms with E-state index in [0.29, 0.717) is 48.6 Å². The lowest BCUT2D eigenvalue weighted by Gasteiger charge is -2.36. The van der Waals surface area contributed by atoms with Crippen LogP contribution in [-0.4, -0.2) is 65.1 Å². The highest BCUT2D eigenvalue weighted by atomic mass is 16.2. The molecule has 33 heavy (non-hydrogen) atoms. The first-order valence-electron chi connectivity index (χ1n) is 11.5. The van der Waals surface area contributed by atoms with Gasteiger partial charge in [0.1, 0.15) is 5.70 Å². The van der Waals surface area contributed by atoms with Crippen molar-refractivity contribution in [3.8, 4) is 0 Å². The fraction of sp³-hybridized carbons (Fsp3) is 0.346. The van der Waals surface area contributed by atoms with Gasteiger partial charge in [0.15, 0.2) is 0 Å². The van der Waals surface area contributed by atoms with Gasteiger partial charge in [-0.1, -0.05) is 49.4 Å². The van der Waals surface area contributed by atoms with Crippen LogP contribution in [0.5, 0.6) is 0 Å². The van der Waals surface area contributed by atoms with Gasteiger partial charge >= 0.3 is 0 Å². The summed E-state index contributed by atoms with van der Waals surface area (Å²) in [6.45, 7) is 7.72. The van der Waals surface area contributed by atoms with E-state index in [-0.39, 0.29) is 17.7 Å². The largest absolute Gasteiger partial charge is 0.364 e. The minimum absolute atomic E-state index is 0.155. The highest BCUT2D eigenvalue weighted by molar-refractivity contribution is 6.35. The number of hydrogen-bond donors (Lipinski definition) is 1. The minimum Gasteiger partial charge on any atom is -0.364 e. The maximum absolute atomic E-state index is 13.3. The zero-order valence-electron chi connectivity index (χ0n) is 19.2. The summed E-state index contributed by atoms with van der Waals surface area (Å²) in [6, 6.07) is 17.5. The van der Waals surface area contributed by atoms with Crippen LogP contribution >= 0.6 is 0 Å². The van der Waals surface area contributed by atoms with Gasteiger partial charge in [0.2, 0.25) is 5.91 Å². The molecule has 1 fully saturated rings. The first-order chi connectivity index (χ1) is 16.0. The molecule has 0 aliphatic carbocycles. The van der Waals surface area contributed by atoms with Crippen LogP contribution in [0.2, 0.25) is 0 Å². The number of carbonyl (C=O) groups excluding carboxylic acids is 3. The summed E-state index contributed by atoms with van der Waals surface area (Å²) in [5.74, 6) is -0.604. The lowest BCUT2D eigenvalue weighted by molar-refractivity contribution is -0.137. The van der Waals surface area contributed by atoms with E-state index in [1.807, 2.05) is 25.1 Å². The standard InChI is InChI=1S/C26H30N4O3/c1-3-13-30-25(32)23(21-9-11-22(12-10-21)27-19(2)31)24(26(30)33)29-16-14-28(15-17-29)18-20-7-5-4-6-8-20/h4-12H,3,13-18H2,1-2H3,(H,27,31). The number of piperazine rings is 1. The molecule has 7 heteroatoms. The zero-order chi connectivity index (χ0) is 23.4. The molecule has 2 aromatic carbocycles. The van der Waals surface area contributed by atoms with Crippen molar-refractivity contribution < 1.29 is 14.4 Å². The third-order valence-electron chi connectivity index (χ3n) is 6.02. The predicted octanol–water partition coefficient (Wildman–Crippen LogP) is 2.95. The Labute approximate surface area is 194 Å². The number of anilines is 1. The van der Waals surface area contributed by atoms with Gasteiger partial charge in [0, 0.05) is 51.9 Å². The Kier molecular flexibility index (Phi) is 6.89. The molecule has 2 aliphatic heterocycles. The van der Waals surface area contributed by atoms with E-state index in [0.717, 1.165) is 19.6 Å². The van der Waals surface area contributed by atoms with Crippen LogP contribution in [0.25, 0.3) is 5.57 Å². The van der Waals surface area contributed by atoms with Crippen LogP contribution in [0.3, 0.4) is 0 Å². The highest BCUT2D eigenvalue weighted by Gasteiger charge is 2.41. The second kappa shape index (κ2) is 10.0. The number of nitrogens with zero attached hydrogens (tertiary/aromatic N) is 3. The lowest BCUT2D eigenvalue weighted by atomic mass is 10.0. The van der Waals surface area contributed by atoms with Gasteiger partial charge < -0.3 is 10.2 Å². The summed E-state index contributed by atoms with van der Waals surface area (Å²) in [5, 5.41) is 2.74. The van der Waals surface area contributed by atoms with E-state index >= 15 is 0 Å². The van der Waals surface area contributed by atoms with Crippen molar-refractivity contribution in [2.45, 2.75) is 26.8 Å². The van der Waals surface area contributed by atoms with E-state index in [4.69, 9.17) is 0 Å². The Hall–Kier alpha value is -3.45. The SMILES string of the molecule is CCCN1C(=O)C(c2ccc(NC(C)=O)cc2)=C(N2CCN(Cc3ccccc3)CC2)C1=O. The van der Waals surface area contributed by atoms with E-state index in [2.05, 4.69) is 27.2 Å². The van der Waals surface area contributed by atoms with Crippen LogP contribution < -0.4 is 5.32 Å². The highest BCUT2D eigenvalue weighted by Crippen LogP contribution is 2.33. The number of carbonyl (C=O) groups is 3. The van der Waals surface area contributed by atoms with Crippen LogP contribution in [0, 0.1) is 0 Å². The number of imide groups is 1. The Bertz CT molecular complexity index is 1050. The van der Waals surface area contributed by atoms with Crippen molar-refractivity contribution >= 4 is 29.0 Å². The Balaban J connectivity index is 1.57. The van der Waals surface area contributed by atoms with Gasteiger partial charge in [0.25, 0.3) is 11.8 Å². The quantitative estimate of drug-likeness (QED) is 0.662. The average molecular weight is 447 g/mol. The van der Waals surface area contributed by atoms with Gasteiger partial charge in [-0.25, -0.2) is 0 Å². The molecule has 0 aromatic heterocycles. The first-order valence-corrected chi connectivity index (χ1v) is 11.5. The third-order valence-corrected chi connectivity index (χ3v) is 6.02. The number of rotatable bonds is 7. The molecule has 2 aromatic rings. The topological polar surface area (TPSA) is 73.0 Å². The molecule has 4 rings (SSSR count). The molecule has 0 bridgehead atoms. The number of amides is 3. The normalized spacial score (nSPS) is 17.2. The minimum atomic E-state index is -0.240. The smallest absolute Gasteiger partial charge is 0.277 e. The van der Waals surface area contributed by atoms with Crippen LogP contribution in [0.4, 0.5) is 5.69 Å². The second-order valence-electron chi connectivity index (χ2n) is 8.49. The first kappa shape index (κ1) is 22.7. The summed E-state index contributed by atoms with van der Waals surface area (Å²) in [5.41, 5.74) is 3.58. The van der Waals surface area contributed by atoms with E-state index in [1.54, 1.807) is 24.3 Å². The molecule has 2 aliphatic rings. The molecule has 0 unspecified atom stereocenters. The number of benzene rings is 2. The van der Waals surface area contributed by atoms with Gasteiger partial charge in [-0.2, -0.15) is 0 Å². The molecule has 172 valence electrons. The molecule has 1 N–H and O–H groups in total. The molecular weight excluding hydrogens is 416 g/mol. The third kappa shape index (κ3) is 4.98. The summed E-state index contributed by atoms with van der Waals surface area (Å²) in [7, 11) is 0. The summed E-state index contributed by atoms with van der Waals surface area (Å²) in [6.07, 6.45) is 0.713. The van der Waals surface area contributed by atoms with Gasteiger partial charge in [-0.15, -0.1) is 0 Å². The van der Waals surface area contributed by atoms with Gasteiger partial charge in [-0.05, 0) is 29.7 Å². The molecule has 0 spiro atoms. The fourth-order valence-corrected chi connectivity index (χ4v) is 4.44. The Morgan fingerprint density at radius 1 is 0.909 bits per heavy atom. The van der Waals surface area contributed by atoms with E-state index in [1.165, 1.54) is 17.4 Å². The molecule has 0 saturated carbocycles. The van der Waals surface area contributed by atoms with Gasteiger partial charge in [-0.3, -0.25) is 24.2 Å². The van der Waals surface area contributed by atoms with Crippen molar-refractivity contribution in [2.75, 3.05) is 38.0 Å². The summed E-state index contributed by atoms with van der Waals surface area (Å²) >= 11 is 0. The molecule has 3 amide bonds. The lowest BCUT2D eigenvalue weighted by Crippen LogP contribution is -2.47. The van der Waals surface area contributed by atoms with E-state index < -0.39 is 0 Å². The molecule has 1 saturated heterocycles. The molecule has 0 atom stereocenters. The second-order valence-corrected chi connectivity index (χ2v) is 8.49. The summed E-state index contributed by atoms with van der Waals surface area (Å²) in [4.78, 5) is 43.7. The molecule has 7 nitrogen and oxygen atoms in total. The van der Waals surface area contributed by atoms with E-state index in [9.17, 15) is 14.4 Å². The maximum atomic E-state index is 13.3. The zero-order valence-corrected chi connectivity index (χ0v) is 19.2. The molecular formula is C26H30N4O3. The van der Waals surface area contributed by atoms with Gasteiger partial charge in [0.05, 0.1) is 5.57 Å². The maximum Gasteiger partial charge on any atom is 0.277 e. The number of nitrogens with one attached hydrogen (secondary N) is 1. The van der Waals surface area contributed by atoms with Crippen LogP contribution in [-0.2, 0) is 20.9 Å². The predicted molar refractivity (Wildman–Crippen MR) is 128 cm³/mol. The van der Waals surface area contributed by atoms with Crippen LogP contribution in [0.15, 0.2) is 60.3 Å². The molecule has 2 heterocycles. The van der Waals surface area contributed by atoms with Crippen molar-refractivity contribution in [3.63, 3.8) is 0 Å². The van der Waals surface area contributed by atoms with Crippen molar-refractivity contribution in [1.29, 1.82) is 0 Å². The Morgan fingerprint density at radius 2 is 1.58 bits per heavy atom. The Morgan fingerprint density at radius 3 is 2.18 bits per heavy atom. The van der Waals surface area contributed by atoms with Crippen molar-refractivity contribution in [1.82, 2.24) is 14.7 Å². The number of hydrogen-bond acceptors (Lipinski definition) is 5. The average Bonchev–Trinajstić information content (AvgIpc) is 3.06. The van der Waals surface area contributed by atoms with Crippen LogP contribution in [0.1, 0.15) is 31.4 Å². The molecule has 0 radical (unpaired) electrons. The fourth-order valence-electron chi connectivity index (χ4n) is 4.44.